The number of rotatable bonds is 4. The van der Waals surface area contributed by atoms with E-state index < -0.39 is 36.6 Å². The summed E-state index contributed by atoms with van der Waals surface area (Å²) in [6.45, 7) is -1.34. The molecule has 0 aromatic carbocycles. The van der Waals surface area contributed by atoms with Gasteiger partial charge < -0.3 is 10.2 Å². The lowest BCUT2D eigenvalue weighted by molar-refractivity contribution is -0.158. The molecule has 18 heavy (non-hydrogen) atoms. The average Bonchev–Trinajstić information content (AvgIpc) is 2.51. The summed E-state index contributed by atoms with van der Waals surface area (Å²) in [7, 11) is 1.03. The molecule has 9 heteroatoms. The summed E-state index contributed by atoms with van der Waals surface area (Å²) in [6, 6.07) is -1.53. The molecule has 1 heterocycles. The van der Waals surface area contributed by atoms with E-state index >= 15 is 0 Å². The van der Waals surface area contributed by atoms with Crippen LogP contribution in [0.2, 0.25) is 0 Å². The second-order valence-electron chi connectivity index (χ2n) is 3.92. The van der Waals surface area contributed by atoms with E-state index in [1.165, 1.54) is 0 Å². The number of hydrogen-bond acceptors (Lipinski definition) is 3. The Kier molecular flexibility index (Phi) is 4.15. The normalized spacial score (nSPS) is 19.4. The summed E-state index contributed by atoms with van der Waals surface area (Å²) < 4.78 is 36.0. The molecule has 102 valence electrons. The van der Waals surface area contributed by atoms with Gasteiger partial charge in [0.25, 0.3) is 5.91 Å². The molecule has 0 unspecified atom stereocenters. The van der Waals surface area contributed by atoms with Crippen molar-refractivity contribution in [2.45, 2.75) is 25.1 Å². The molecular formula is C9H12F3N3O3. The van der Waals surface area contributed by atoms with Gasteiger partial charge in [-0.1, -0.05) is 0 Å². The summed E-state index contributed by atoms with van der Waals surface area (Å²) in [5, 5.41) is 4.22. The van der Waals surface area contributed by atoms with Crippen molar-refractivity contribution in [3.63, 3.8) is 0 Å². The maximum atomic E-state index is 12.0. The predicted octanol–water partition coefficient (Wildman–Crippen LogP) is -0.00470. The molecular weight excluding hydrogens is 255 g/mol. The molecule has 0 radical (unpaired) electrons. The minimum Gasteiger partial charge on any atom is -0.337 e. The largest absolute Gasteiger partial charge is 0.406 e. The van der Waals surface area contributed by atoms with Crippen LogP contribution in [0.4, 0.5) is 18.0 Å². The van der Waals surface area contributed by atoms with E-state index in [4.69, 9.17) is 0 Å². The van der Waals surface area contributed by atoms with Crippen LogP contribution < -0.4 is 10.6 Å². The molecule has 1 rings (SSSR count). The van der Waals surface area contributed by atoms with Gasteiger partial charge in [0.05, 0.1) is 0 Å². The maximum Gasteiger partial charge on any atom is 0.406 e. The van der Waals surface area contributed by atoms with Crippen LogP contribution in [0.3, 0.4) is 0 Å². The fourth-order valence-electron chi connectivity index (χ4n) is 1.48. The number of nitrogens with zero attached hydrogens (tertiary/aromatic N) is 1. The van der Waals surface area contributed by atoms with E-state index in [0.717, 1.165) is 7.05 Å². The third-order valence-corrected chi connectivity index (χ3v) is 2.35. The van der Waals surface area contributed by atoms with E-state index in [1.807, 2.05) is 5.32 Å². The molecule has 0 aromatic heterocycles. The van der Waals surface area contributed by atoms with Crippen molar-refractivity contribution in [2.24, 2.45) is 0 Å². The Balaban J connectivity index is 2.37. The number of alkyl halides is 3. The number of carbonyl (C=O) groups excluding carboxylic acids is 3. The first-order valence-electron chi connectivity index (χ1n) is 5.11. The van der Waals surface area contributed by atoms with Gasteiger partial charge in [-0.25, -0.2) is 4.79 Å². The minimum absolute atomic E-state index is 0.0292. The predicted molar refractivity (Wildman–Crippen MR) is 53.4 cm³/mol. The van der Waals surface area contributed by atoms with Gasteiger partial charge >= 0.3 is 12.2 Å². The number of nitrogens with one attached hydrogen (secondary N) is 2. The zero-order chi connectivity index (χ0) is 13.9. The Morgan fingerprint density at radius 3 is 2.44 bits per heavy atom. The molecule has 0 saturated carbocycles. The van der Waals surface area contributed by atoms with Crippen molar-refractivity contribution < 1.29 is 27.6 Å². The van der Waals surface area contributed by atoms with E-state index in [9.17, 15) is 27.6 Å². The van der Waals surface area contributed by atoms with Crippen LogP contribution in [0.15, 0.2) is 0 Å². The molecule has 4 amide bonds. The molecule has 2 N–H and O–H groups in total. The Morgan fingerprint density at radius 1 is 1.39 bits per heavy atom. The van der Waals surface area contributed by atoms with Crippen LogP contribution in [0.1, 0.15) is 12.8 Å². The quantitative estimate of drug-likeness (QED) is 0.703. The van der Waals surface area contributed by atoms with Gasteiger partial charge in [-0.15, -0.1) is 0 Å². The molecule has 1 aliphatic heterocycles. The van der Waals surface area contributed by atoms with E-state index in [0.29, 0.717) is 4.90 Å². The Labute approximate surface area is 100 Å². The van der Waals surface area contributed by atoms with E-state index in [-0.39, 0.29) is 12.8 Å². The van der Waals surface area contributed by atoms with Gasteiger partial charge in [0, 0.05) is 13.5 Å². The van der Waals surface area contributed by atoms with Gasteiger partial charge in [0.1, 0.15) is 12.6 Å². The Morgan fingerprint density at radius 2 is 2.00 bits per heavy atom. The molecule has 1 aliphatic rings. The van der Waals surface area contributed by atoms with Gasteiger partial charge in [0.2, 0.25) is 5.91 Å². The lowest BCUT2D eigenvalue weighted by atomic mass is 10.1. The number of urea groups is 1. The van der Waals surface area contributed by atoms with Crippen LogP contribution in [-0.2, 0) is 9.59 Å². The second kappa shape index (κ2) is 5.23. The highest BCUT2D eigenvalue weighted by molar-refractivity contribution is 6.04. The Hall–Kier alpha value is -1.80. The lowest BCUT2D eigenvalue weighted by Gasteiger charge is -2.19. The highest BCUT2D eigenvalue weighted by atomic mass is 19.4. The van der Waals surface area contributed by atoms with Crippen molar-refractivity contribution in [3.8, 4) is 0 Å². The number of imide groups is 1. The highest BCUT2D eigenvalue weighted by Crippen LogP contribution is 2.16. The molecule has 0 bridgehead atoms. The number of hydrogen-bond donors (Lipinski definition) is 2. The van der Waals surface area contributed by atoms with Crippen molar-refractivity contribution >= 4 is 17.8 Å². The highest BCUT2D eigenvalue weighted by Gasteiger charge is 2.33. The van der Waals surface area contributed by atoms with Gasteiger partial charge in [0.15, 0.2) is 0 Å². The lowest BCUT2D eigenvalue weighted by Crippen LogP contribution is -2.37. The van der Waals surface area contributed by atoms with Crippen molar-refractivity contribution in [1.29, 1.82) is 0 Å². The fourth-order valence-corrected chi connectivity index (χ4v) is 1.48. The van der Waals surface area contributed by atoms with Crippen molar-refractivity contribution in [1.82, 2.24) is 15.5 Å². The summed E-state index contributed by atoms with van der Waals surface area (Å²) in [5.41, 5.74) is 0. The minimum atomic E-state index is -4.46. The van der Waals surface area contributed by atoms with Crippen LogP contribution in [0.25, 0.3) is 0 Å². The molecule has 0 aromatic rings. The number of amides is 4. The molecule has 0 spiro atoms. The smallest absolute Gasteiger partial charge is 0.337 e. The summed E-state index contributed by atoms with van der Waals surface area (Å²) >= 11 is 0. The van der Waals surface area contributed by atoms with Crippen LogP contribution in [0.5, 0.6) is 0 Å². The third-order valence-electron chi connectivity index (χ3n) is 2.35. The topological polar surface area (TPSA) is 78.5 Å². The number of carbonyl (C=O) groups is 3. The third kappa shape index (κ3) is 4.22. The zero-order valence-electron chi connectivity index (χ0n) is 9.50. The molecule has 1 atom stereocenters. The zero-order valence-corrected chi connectivity index (χ0v) is 9.50. The Bertz CT molecular complexity index is 370. The first-order valence-corrected chi connectivity index (χ1v) is 5.11. The monoisotopic (exact) mass is 267 g/mol. The second-order valence-corrected chi connectivity index (χ2v) is 3.92. The van der Waals surface area contributed by atoms with Gasteiger partial charge in [-0.05, 0) is 6.42 Å². The van der Waals surface area contributed by atoms with Crippen molar-refractivity contribution in [3.05, 3.63) is 0 Å². The molecule has 0 aliphatic carbocycles. The summed E-state index contributed by atoms with van der Waals surface area (Å²) in [6.07, 6.45) is -4.73. The van der Waals surface area contributed by atoms with Gasteiger partial charge in [-0.2, -0.15) is 13.2 Å². The molecule has 6 nitrogen and oxygen atoms in total. The van der Waals surface area contributed by atoms with Gasteiger partial charge in [-0.3, -0.25) is 14.9 Å². The van der Waals surface area contributed by atoms with E-state index in [1.54, 1.807) is 0 Å². The first kappa shape index (κ1) is 14.3. The van der Waals surface area contributed by atoms with Crippen molar-refractivity contribution in [2.75, 3.05) is 13.6 Å². The fraction of sp³-hybridized carbons (Fsp3) is 0.667. The number of halogens is 3. The SMILES string of the molecule is CN(CC(F)(F)F)C(=O)CC[C@@H]1NC(=O)NC1=O. The van der Waals surface area contributed by atoms with Crippen LogP contribution in [-0.4, -0.2) is 48.6 Å². The van der Waals surface area contributed by atoms with Crippen LogP contribution >= 0.6 is 0 Å². The molecule has 1 fully saturated rings. The summed E-state index contributed by atoms with van der Waals surface area (Å²) in [5.74, 6) is -1.31. The standard InChI is InChI=1S/C9H12F3N3O3/c1-15(4-9(10,11)12)6(16)3-2-5-7(17)14-8(18)13-5/h5H,2-4H2,1H3,(H2,13,14,17,18)/t5-/m0/s1. The molecule has 1 saturated heterocycles. The summed E-state index contributed by atoms with van der Waals surface area (Å²) in [4.78, 5) is 33.7. The van der Waals surface area contributed by atoms with E-state index in [2.05, 4.69) is 5.32 Å². The first-order chi connectivity index (χ1) is 8.19. The average molecular weight is 267 g/mol. The van der Waals surface area contributed by atoms with Crippen LogP contribution in [0, 0.1) is 0 Å². The maximum absolute atomic E-state index is 12.0.